The number of hydrogen-bond acceptors (Lipinski definition) is 2. The van der Waals surface area contributed by atoms with Crippen LogP contribution in [0.25, 0.3) is 0 Å². The van der Waals surface area contributed by atoms with E-state index in [1.807, 2.05) is 18.2 Å². The monoisotopic (exact) mass is 244 g/mol. The van der Waals surface area contributed by atoms with Gasteiger partial charge in [0, 0.05) is 24.3 Å². The molecule has 0 saturated heterocycles. The van der Waals surface area contributed by atoms with E-state index in [4.69, 9.17) is 11.6 Å². The highest BCUT2D eigenvalue weighted by Crippen LogP contribution is 2.37. The van der Waals surface area contributed by atoms with Crippen molar-refractivity contribution in [1.82, 2.24) is 0 Å². The summed E-state index contributed by atoms with van der Waals surface area (Å²) in [4.78, 5) is 2.18. The maximum Gasteiger partial charge on any atom is 0.0658 e. The summed E-state index contributed by atoms with van der Waals surface area (Å²) in [7, 11) is 2.07. The van der Waals surface area contributed by atoms with Crippen LogP contribution in [0.3, 0.4) is 0 Å². The van der Waals surface area contributed by atoms with Crippen LogP contribution in [0.5, 0.6) is 0 Å². The van der Waals surface area contributed by atoms with E-state index < -0.39 is 0 Å². The molecule has 0 bridgehead atoms. The second-order valence-electron chi connectivity index (χ2n) is 4.20. The van der Waals surface area contributed by atoms with Crippen molar-refractivity contribution in [2.75, 3.05) is 17.3 Å². The molecular formula is C14H13ClN2. The molecule has 3 rings (SSSR count). The first-order chi connectivity index (χ1) is 8.25. The van der Waals surface area contributed by atoms with Gasteiger partial charge in [-0.2, -0.15) is 0 Å². The van der Waals surface area contributed by atoms with Gasteiger partial charge in [0.1, 0.15) is 0 Å². The summed E-state index contributed by atoms with van der Waals surface area (Å²) in [6.07, 6.45) is 0. The molecule has 0 spiro atoms. The molecule has 1 N–H and O–H groups in total. The lowest BCUT2D eigenvalue weighted by atomic mass is 10.1. The summed E-state index contributed by atoms with van der Waals surface area (Å²) in [5, 5.41) is 4.20. The molecule has 0 aliphatic carbocycles. The van der Waals surface area contributed by atoms with Crippen LogP contribution >= 0.6 is 11.6 Å². The second-order valence-corrected chi connectivity index (χ2v) is 4.64. The first-order valence-electron chi connectivity index (χ1n) is 5.61. The van der Waals surface area contributed by atoms with Gasteiger partial charge in [-0.25, -0.2) is 0 Å². The molecule has 2 aromatic rings. The van der Waals surface area contributed by atoms with Gasteiger partial charge >= 0.3 is 0 Å². The van der Waals surface area contributed by atoms with E-state index in [0.29, 0.717) is 0 Å². The average molecular weight is 245 g/mol. The predicted molar refractivity (Wildman–Crippen MR) is 73.3 cm³/mol. The fourth-order valence-corrected chi connectivity index (χ4v) is 2.41. The van der Waals surface area contributed by atoms with Crippen molar-refractivity contribution in [2.24, 2.45) is 0 Å². The zero-order valence-corrected chi connectivity index (χ0v) is 10.3. The molecule has 1 aliphatic rings. The molecule has 0 aromatic heterocycles. The van der Waals surface area contributed by atoms with E-state index in [2.05, 4.69) is 41.5 Å². The Kier molecular flexibility index (Phi) is 2.45. The Morgan fingerprint density at radius 2 is 1.94 bits per heavy atom. The summed E-state index contributed by atoms with van der Waals surface area (Å²) in [6.45, 7) is 0.842. The summed E-state index contributed by atoms with van der Waals surface area (Å²) >= 11 is 6.07. The Morgan fingerprint density at radius 1 is 1.12 bits per heavy atom. The number of halogens is 1. The molecule has 3 heteroatoms. The highest BCUT2D eigenvalue weighted by atomic mass is 35.5. The Labute approximate surface area is 106 Å². The standard InChI is InChI=1S/C14H13ClN2/c1-17-13-5-3-2-4-10(13)9-16-12-7-6-11(15)8-14(12)17/h2-8,16H,9H2,1H3. The van der Waals surface area contributed by atoms with E-state index in [-0.39, 0.29) is 0 Å². The Balaban J connectivity index is 2.18. The van der Waals surface area contributed by atoms with Gasteiger partial charge in [0.05, 0.1) is 11.4 Å². The summed E-state index contributed by atoms with van der Waals surface area (Å²) in [5.74, 6) is 0. The van der Waals surface area contributed by atoms with Gasteiger partial charge in [-0.3, -0.25) is 0 Å². The lowest BCUT2D eigenvalue weighted by Crippen LogP contribution is -2.10. The fourth-order valence-electron chi connectivity index (χ4n) is 2.24. The van der Waals surface area contributed by atoms with Gasteiger partial charge in [-0.1, -0.05) is 29.8 Å². The van der Waals surface area contributed by atoms with Crippen LogP contribution in [-0.4, -0.2) is 7.05 Å². The molecule has 0 saturated carbocycles. The Morgan fingerprint density at radius 3 is 2.82 bits per heavy atom. The SMILES string of the molecule is CN1c2ccccc2CNc2ccc(Cl)cc21. The molecule has 0 unspecified atom stereocenters. The lowest BCUT2D eigenvalue weighted by Gasteiger charge is -2.21. The van der Waals surface area contributed by atoms with Crippen LogP contribution in [0.15, 0.2) is 42.5 Å². The smallest absolute Gasteiger partial charge is 0.0658 e. The van der Waals surface area contributed by atoms with Gasteiger partial charge in [-0.15, -0.1) is 0 Å². The van der Waals surface area contributed by atoms with E-state index in [0.717, 1.165) is 22.9 Å². The van der Waals surface area contributed by atoms with Gasteiger partial charge in [0.25, 0.3) is 0 Å². The maximum atomic E-state index is 6.07. The maximum absolute atomic E-state index is 6.07. The summed E-state index contributed by atoms with van der Waals surface area (Å²) in [6, 6.07) is 14.3. The molecule has 0 radical (unpaired) electrons. The molecule has 86 valence electrons. The zero-order chi connectivity index (χ0) is 11.8. The third-order valence-corrected chi connectivity index (χ3v) is 3.38. The molecule has 0 amide bonds. The minimum Gasteiger partial charge on any atom is -0.379 e. The first kappa shape index (κ1) is 10.5. The van der Waals surface area contributed by atoms with Crippen molar-refractivity contribution in [3.63, 3.8) is 0 Å². The Hall–Kier alpha value is -1.67. The molecule has 17 heavy (non-hydrogen) atoms. The van der Waals surface area contributed by atoms with Crippen molar-refractivity contribution >= 4 is 28.7 Å². The van der Waals surface area contributed by atoms with Crippen molar-refractivity contribution in [1.29, 1.82) is 0 Å². The van der Waals surface area contributed by atoms with Crippen LogP contribution in [0.2, 0.25) is 5.02 Å². The topological polar surface area (TPSA) is 15.3 Å². The predicted octanol–water partition coefficient (Wildman–Crippen LogP) is 4.03. The van der Waals surface area contributed by atoms with Crippen LogP contribution in [0.1, 0.15) is 5.56 Å². The minimum absolute atomic E-state index is 0.761. The minimum atomic E-state index is 0.761. The van der Waals surface area contributed by atoms with Crippen molar-refractivity contribution < 1.29 is 0 Å². The number of nitrogens with one attached hydrogen (secondary N) is 1. The number of nitrogens with zero attached hydrogens (tertiary/aromatic N) is 1. The molecule has 0 atom stereocenters. The third-order valence-electron chi connectivity index (χ3n) is 3.14. The van der Waals surface area contributed by atoms with Crippen LogP contribution in [0, 0.1) is 0 Å². The lowest BCUT2D eigenvalue weighted by molar-refractivity contribution is 1.15. The first-order valence-corrected chi connectivity index (χ1v) is 5.98. The normalized spacial score (nSPS) is 13.4. The number of rotatable bonds is 0. The zero-order valence-electron chi connectivity index (χ0n) is 9.57. The van der Waals surface area contributed by atoms with Gasteiger partial charge in [0.2, 0.25) is 0 Å². The van der Waals surface area contributed by atoms with Gasteiger partial charge in [0.15, 0.2) is 0 Å². The van der Waals surface area contributed by atoms with E-state index in [1.165, 1.54) is 11.3 Å². The molecule has 2 aromatic carbocycles. The van der Waals surface area contributed by atoms with Crippen LogP contribution < -0.4 is 10.2 Å². The number of para-hydroxylation sites is 1. The highest BCUT2D eigenvalue weighted by molar-refractivity contribution is 6.31. The molecular weight excluding hydrogens is 232 g/mol. The van der Waals surface area contributed by atoms with Crippen molar-refractivity contribution in [2.45, 2.75) is 6.54 Å². The second kappa shape index (κ2) is 3.97. The quantitative estimate of drug-likeness (QED) is 0.753. The number of hydrogen-bond donors (Lipinski definition) is 1. The van der Waals surface area contributed by atoms with Gasteiger partial charge < -0.3 is 10.2 Å². The average Bonchev–Trinajstić information content (AvgIpc) is 2.49. The van der Waals surface area contributed by atoms with E-state index in [9.17, 15) is 0 Å². The number of anilines is 3. The van der Waals surface area contributed by atoms with Gasteiger partial charge in [-0.05, 0) is 29.8 Å². The molecule has 1 heterocycles. The molecule has 0 fully saturated rings. The summed E-state index contributed by atoms with van der Waals surface area (Å²) in [5.41, 5.74) is 4.75. The van der Waals surface area contributed by atoms with Crippen LogP contribution in [-0.2, 0) is 6.54 Å². The summed E-state index contributed by atoms with van der Waals surface area (Å²) < 4.78 is 0. The van der Waals surface area contributed by atoms with Crippen LogP contribution in [0.4, 0.5) is 17.1 Å². The van der Waals surface area contributed by atoms with E-state index >= 15 is 0 Å². The Bertz CT molecular complexity index is 566. The highest BCUT2D eigenvalue weighted by Gasteiger charge is 2.16. The largest absolute Gasteiger partial charge is 0.379 e. The number of fused-ring (bicyclic) bond motifs is 2. The molecule has 1 aliphatic heterocycles. The van der Waals surface area contributed by atoms with E-state index in [1.54, 1.807) is 0 Å². The third kappa shape index (κ3) is 1.75. The fraction of sp³-hybridized carbons (Fsp3) is 0.143. The van der Waals surface area contributed by atoms with Crippen molar-refractivity contribution in [3.05, 3.63) is 53.1 Å². The van der Waals surface area contributed by atoms with Crippen molar-refractivity contribution in [3.8, 4) is 0 Å². The number of benzene rings is 2. The molecule has 2 nitrogen and oxygen atoms in total.